The first-order valence-corrected chi connectivity index (χ1v) is 7.80. The molecule has 0 aromatic carbocycles. The van der Waals surface area contributed by atoms with Crippen LogP contribution in [-0.2, 0) is 9.47 Å². The maximum Gasteiger partial charge on any atom is 0.0700 e. The molecule has 0 aliphatic carbocycles. The molecule has 0 radical (unpaired) electrons. The molecule has 19 heavy (non-hydrogen) atoms. The van der Waals surface area contributed by atoms with Crippen molar-refractivity contribution in [3.63, 3.8) is 0 Å². The average Bonchev–Trinajstić information content (AvgIpc) is 2.46. The lowest BCUT2D eigenvalue weighted by Crippen LogP contribution is -2.59. The van der Waals surface area contributed by atoms with E-state index in [1.165, 1.54) is 38.9 Å². The van der Waals surface area contributed by atoms with E-state index in [9.17, 15) is 0 Å². The molecule has 4 heteroatoms. The summed E-state index contributed by atoms with van der Waals surface area (Å²) in [6.07, 6.45) is 4.83. The first-order chi connectivity index (χ1) is 9.26. The van der Waals surface area contributed by atoms with E-state index in [1.807, 2.05) is 0 Å². The fraction of sp³-hybridized carbons (Fsp3) is 1.00. The minimum atomic E-state index is 0.354. The maximum atomic E-state index is 5.49. The van der Waals surface area contributed by atoms with Crippen LogP contribution in [0.25, 0.3) is 0 Å². The Kier molecular flexibility index (Phi) is 8.62. The summed E-state index contributed by atoms with van der Waals surface area (Å²) in [5.41, 5.74) is 0.354. The van der Waals surface area contributed by atoms with Crippen LogP contribution in [0.3, 0.4) is 0 Å². The van der Waals surface area contributed by atoms with Crippen molar-refractivity contribution in [2.45, 2.75) is 45.1 Å². The third kappa shape index (κ3) is 6.21. The summed E-state index contributed by atoms with van der Waals surface area (Å²) in [6.45, 7) is 11.6. The highest BCUT2D eigenvalue weighted by molar-refractivity contribution is 4.92. The summed E-state index contributed by atoms with van der Waals surface area (Å²) in [5, 5.41) is 3.71. The zero-order chi connectivity index (χ0) is 14.0. The maximum absolute atomic E-state index is 5.49. The fourth-order valence-electron chi connectivity index (χ4n) is 2.74. The molecule has 0 amide bonds. The fourth-order valence-corrected chi connectivity index (χ4v) is 2.74. The molecule has 1 aliphatic heterocycles. The van der Waals surface area contributed by atoms with Crippen LogP contribution in [0.2, 0.25) is 0 Å². The second kappa shape index (κ2) is 9.70. The van der Waals surface area contributed by atoms with E-state index in [0.29, 0.717) is 12.1 Å². The summed E-state index contributed by atoms with van der Waals surface area (Å²) >= 11 is 0. The summed E-state index contributed by atoms with van der Waals surface area (Å²) in [5.74, 6) is 0. The van der Waals surface area contributed by atoms with Gasteiger partial charge in [0.25, 0.3) is 0 Å². The number of ether oxygens (including phenoxy) is 2. The second-order valence-corrected chi connectivity index (χ2v) is 5.50. The van der Waals surface area contributed by atoms with Gasteiger partial charge in [0.1, 0.15) is 0 Å². The van der Waals surface area contributed by atoms with Gasteiger partial charge in [-0.2, -0.15) is 0 Å². The Morgan fingerprint density at radius 1 is 1.11 bits per heavy atom. The third-order valence-corrected chi connectivity index (χ3v) is 4.25. The first-order valence-electron chi connectivity index (χ1n) is 7.80. The van der Waals surface area contributed by atoms with Gasteiger partial charge in [0.05, 0.1) is 13.2 Å². The molecule has 0 aromatic rings. The lowest BCUT2D eigenvalue weighted by molar-refractivity contribution is 0.0656. The molecule has 1 N–H and O–H groups in total. The second-order valence-electron chi connectivity index (χ2n) is 5.50. The molecule has 0 saturated carbocycles. The number of hydrogen-bond acceptors (Lipinski definition) is 4. The Balaban J connectivity index is 2.09. The van der Waals surface area contributed by atoms with E-state index in [4.69, 9.17) is 9.47 Å². The molecule has 4 nitrogen and oxygen atoms in total. The quantitative estimate of drug-likeness (QED) is 0.616. The van der Waals surface area contributed by atoms with Gasteiger partial charge in [-0.3, -0.25) is 0 Å². The molecule has 0 aromatic heterocycles. The summed E-state index contributed by atoms with van der Waals surface area (Å²) in [6, 6.07) is 0. The highest BCUT2D eigenvalue weighted by Crippen LogP contribution is 2.20. The van der Waals surface area contributed by atoms with Gasteiger partial charge < -0.3 is 19.7 Å². The predicted octanol–water partition coefficient (Wildman–Crippen LogP) is 1.89. The van der Waals surface area contributed by atoms with Crippen molar-refractivity contribution >= 4 is 0 Å². The molecule has 1 rings (SSSR count). The number of piperazine rings is 1. The van der Waals surface area contributed by atoms with Gasteiger partial charge in [-0.25, -0.2) is 0 Å². The molecular formula is C15H32N2O2. The Morgan fingerprint density at radius 3 is 2.58 bits per heavy atom. The van der Waals surface area contributed by atoms with E-state index < -0.39 is 0 Å². The van der Waals surface area contributed by atoms with Crippen molar-refractivity contribution in [3.8, 4) is 0 Å². The number of rotatable bonds is 10. The van der Waals surface area contributed by atoms with Crippen molar-refractivity contribution in [3.05, 3.63) is 0 Å². The van der Waals surface area contributed by atoms with Crippen LogP contribution in [-0.4, -0.2) is 63.5 Å². The Morgan fingerprint density at radius 2 is 1.89 bits per heavy atom. The SMILES string of the molecule is CCC1(CC)CN(CCCCOCCOC)CCN1. The van der Waals surface area contributed by atoms with Crippen molar-refractivity contribution in [1.82, 2.24) is 10.2 Å². The average molecular weight is 272 g/mol. The molecule has 0 atom stereocenters. The molecule has 0 spiro atoms. The minimum absolute atomic E-state index is 0.354. The van der Waals surface area contributed by atoms with Crippen molar-refractivity contribution < 1.29 is 9.47 Å². The number of nitrogens with zero attached hydrogens (tertiary/aromatic N) is 1. The third-order valence-electron chi connectivity index (χ3n) is 4.25. The highest BCUT2D eigenvalue weighted by atomic mass is 16.5. The van der Waals surface area contributed by atoms with Crippen LogP contribution in [0.4, 0.5) is 0 Å². The van der Waals surface area contributed by atoms with E-state index in [0.717, 1.165) is 26.2 Å². The molecule has 1 saturated heterocycles. The van der Waals surface area contributed by atoms with Crippen LogP contribution in [0.1, 0.15) is 39.5 Å². The van der Waals surface area contributed by atoms with Gasteiger partial charge in [0.15, 0.2) is 0 Å². The normalized spacial score (nSPS) is 19.7. The number of hydrogen-bond donors (Lipinski definition) is 1. The zero-order valence-corrected chi connectivity index (χ0v) is 13.0. The number of methoxy groups -OCH3 is 1. The van der Waals surface area contributed by atoms with Crippen LogP contribution in [0.5, 0.6) is 0 Å². The van der Waals surface area contributed by atoms with E-state index >= 15 is 0 Å². The molecule has 1 fully saturated rings. The highest BCUT2D eigenvalue weighted by Gasteiger charge is 2.31. The lowest BCUT2D eigenvalue weighted by atomic mass is 9.90. The molecular weight excluding hydrogens is 240 g/mol. The summed E-state index contributed by atoms with van der Waals surface area (Å²) in [4.78, 5) is 2.61. The monoisotopic (exact) mass is 272 g/mol. The molecule has 0 bridgehead atoms. The van der Waals surface area contributed by atoms with Crippen LogP contribution >= 0.6 is 0 Å². The van der Waals surface area contributed by atoms with Gasteiger partial charge >= 0.3 is 0 Å². The van der Waals surface area contributed by atoms with E-state index in [1.54, 1.807) is 7.11 Å². The lowest BCUT2D eigenvalue weighted by Gasteiger charge is -2.43. The van der Waals surface area contributed by atoms with Crippen LogP contribution < -0.4 is 5.32 Å². The van der Waals surface area contributed by atoms with Crippen molar-refractivity contribution in [2.75, 3.05) is 53.1 Å². The van der Waals surface area contributed by atoms with Gasteiger partial charge in [-0.15, -0.1) is 0 Å². The topological polar surface area (TPSA) is 33.7 Å². The smallest absolute Gasteiger partial charge is 0.0700 e. The Bertz CT molecular complexity index is 220. The van der Waals surface area contributed by atoms with Gasteiger partial charge in [-0.1, -0.05) is 13.8 Å². The van der Waals surface area contributed by atoms with Crippen LogP contribution in [0, 0.1) is 0 Å². The molecule has 114 valence electrons. The van der Waals surface area contributed by atoms with E-state index in [-0.39, 0.29) is 0 Å². The first kappa shape index (κ1) is 16.9. The predicted molar refractivity (Wildman–Crippen MR) is 79.7 cm³/mol. The van der Waals surface area contributed by atoms with Gasteiger partial charge in [0.2, 0.25) is 0 Å². The Labute approximate surface area is 118 Å². The van der Waals surface area contributed by atoms with Crippen LogP contribution in [0.15, 0.2) is 0 Å². The number of nitrogens with one attached hydrogen (secondary N) is 1. The Hall–Kier alpha value is -0.160. The summed E-state index contributed by atoms with van der Waals surface area (Å²) in [7, 11) is 1.71. The standard InChI is InChI=1S/C15H32N2O2/c1-4-15(5-2)14-17(10-8-16-15)9-6-7-11-19-13-12-18-3/h16H,4-14H2,1-3H3. The van der Waals surface area contributed by atoms with Crippen molar-refractivity contribution in [1.29, 1.82) is 0 Å². The molecule has 1 heterocycles. The van der Waals surface area contributed by atoms with E-state index in [2.05, 4.69) is 24.1 Å². The molecule has 1 aliphatic rings. The van der Waals surface area contributed by atoms with Gasteiger partial charge in [-0.05, 0) is 32.2 Å². The summed E-state index contributed by atoms with van der Waals surface area (Å²) < 4.78 is 10.4. The van der Waals surface area contributed by atoms with Gasteiger partial charge in [0, 0.05) is 38.9 Å². The molecule has 0 unspecified atom stereocenters. The van der Waals surface area contributed by atoms with Crippen molar-refractivity contribution in [2.24, 2.45) is 0 Å². The number of unbranched alkanes of at least 4 members (excludes halogenated alkanes) is 1. The zero-order valence-electron chi connectivity index (χ0n) is 13.0. The largest absolute Gasteiger partial charge is 0.382 e. The minimum Gasteiger partial charge on any atom is -0.382 e.